The van der Waals surface area contributed by atoms with Crippen LogP contribution in [0, 0.1) is 13.8 Å². The van der Waals surface area contributed by atoms with Crippen molar-refractivity contribution in [2.45, 2.75) is 20.4 Å². The number of rotatable bonds is 4. The summed E-state index contributed by atoms with van der Waals surface area (Å²) in [6.07, 6.45) is 0. The fourth-order valence-electron chi connectivity index (χ4n) is 3.70. The van der Waals surface area contributed by atoms with Gasteiger partial charge < -0.3 is 9.32 Å². The van der Waals surface area contributed by atoms with E-state index in [9.17, 15) is 0 Å². The van der Waals surface area contributed by atoms with Gasteiger partial charge in [0.2, 0.25) is 0 Å². The van der Waals surface area contributed by atoms with Gasteiger partial charge in [0, 0.05) is 26.2 Å². The molecule has 1 fully saturated rings. The topological polar surface area (TPSA) is 37.4 Å². The minimum absolute atomic E-state index is 0.797. The third-order valence-corrected chi connectivity index (χ3v) is 5.38. The van der Waals surface area contributed by atoms with Crippen LogP contribution in [0.15, 0.2) is 51.6 Å². The maximum Gasteiger partial charge on any atom is 0.169 e. The first-order valence-electron chi connectivity index (χ1n) is 8.95. The molecule has 0 atom stereocenters. The Kier molecular flexibility index (Phi) is 4.87. The van der Waals surface area contributed by atoms with E-state index in [4.69, 9.17) is 9.52 Å². The van der Waals surface area contributed by atoms with Crippen LogP contribution < -0.4 is 4.90 Å². The molecule has 0 saturated carbocycles. The van der Waals surface area contributed by atoms with Crippen LogP contribution in [0.2, 0.25) is 0 Å². The van der Waals surface area contributed by atoms with Crippen molar-refractivity contribution in [3.05, 3.63) is 64.3 Å². The fourth-order valence-corrected chi connectivity index (χ4v) is 4.04. The zero-order valence-corrected chi connectivity index (χ0v) is 16.7. The zero-order valence-electron chi connectivity index (χ0n) is 15.2. The molecule has 0 unspecified atom stereocenters. The number of aromatic nitrogens is 2. The fraction of sp³-hybridized carbons (Fsp3) is 0.350. The number of halogens is 1. The molecule has 3 heterocycles. The Balaban J connectivity index is 1.47. The molecule has 1 aromatic carbocycles. The molecule has 0 radical (unpaired) electrons. The molecule has 1 saturated heterocycles. The standard InChI is InChI=1S/C20H23BrN4O/c1-15-20(16(2)25(22-15)17-6-4-3-5-7-17)24-12-10-23(11-13-24)14-18-8-9-19(21)26-18/h3-9H,10-14H2,1-2H3. The summed E-state index contributed by atoms with van der Waals surface area (Å²) in [5.74, 6) is 1.01. The first kappa shape index (κ1) is 17.4. The van der Waals surface area contributed by atoms with E-state index in [1.165, 1.54) is 11.4 Å². The van der Waals surface area contributed by atoms with Crippen LogP contribution in [0.3, 0.4) is 0 Å². The monoisotopic (exact) mass is 414 g/mol. The molecular formula is C20H23BrN4O. The Morgan fingerprint density at radius 1 is 1.00 bits per heavy atom. The molecule has 0 N–H and O–H groups in total. The first-order chi connectivity index (χ1) is 12.6. The van der Waals surface area contributed by atoms with Gasteiger partial charge in [0.25, 0.3) is 0 Å². The lowest BCUT2D eigenvalue weighted by molar-refractivity contribution is 0.229. The van der Waals surface area contributed by atoms with Crippen LogP contribution in [-0.4, -0.2) is 40.9 Å². The highest BCUT2D eigenvalue weighted by Crippen LogP contribution is 2.28. The van der Waals surface area contributed by atoms with Crippen LogP contribution in [-0.2, 0) is 6.54 Å². The van der Waals surface area contributed by atoms with Gasteiger partial charge in [0.1, 0.15) is 5.76 Å². The molecular weight excluding hydrogens is 392 g/mol. The van der Waals surface area contributed by atoms with Gasteiger partial charge in [-0.2, -0.15) is 5.10 Å². The number of para-hydroxylation sites is 1. The van der Waals surface area contributed by atoms with E-state index < -0.39 is 0 Å². The summed E-state index contributed by atoms with van der Waals surface area (Å²) in [7, 11) is 0. The number of nitrogens with zero attached hydrogens (tertiary/aromatic N) is 4. The Labute approximate surface area is 162 Å². The van der Waals surface area contributed by atoms with Gasteiger partial charge in [-0.05, 0) is 54.0 Å². The quantitative estimate of drug-likeness (QED) is 0.641. The van der Waals surface area contributed by atoms with E-state index in [0.717, 1.165) is 54.5 Å². The summed E-state index contributed by atoms with van der Waals surface area (Å²) in [6, 6.07) is 14.3. The van der Waals surface area contributed by atoms with Crippen LogP contribution in [0.4, 0.5) is 5.69 Å². The van der Waals surface area contributed by atoms with Crippen molar-refractivity contribution in [3.63, 3.8) is 0 Å². The van der Waals surface area contributed by atoms with Crippen LogP contribution in [0.1, 0.15) is 17.1 Å². The summed E-state index contributed by atoms with van der Waals surface area (Å²) in [6.45, 7) is 9.18. The van der Waals surface area contributed by atoms with Crippen molar-refractivity contribution in [2.75, 3.05) is 31.1 Å². The summed E-state index contributed by atoms with van der Waals surface area (Å²) < 4.78 is 8.49. The number of benzene rings is 1. The van der Waals surface area contributed by atoms with Gasteiger partial charge in [-0.25, -0.2) is 4.68 Å². The number of furan rings is 1. The normalized spacial score (nSPS) is 15.6. The number of anilines is 1. The van der Waals surface area contributed by atoms with Gasteiger partial charge in [-0.15, -0.1) is 0 Å². The van der Waals surface area contributed by atoms with Gasteiger partial charge in [0.15, 0.2) is 4.67 Å². The number of hydrogen-bond acceptors (Lipinski definition) is 4. The van der Waals surface area contributed by atoms with Crippen molar-refractivity contribution >= 4 is 21.6 Å². The number of piperazine rings is 1. The Hall–Kier alpha value is -2.05. The zero-order chi connectivity index (χ0) is 18.1. The molecule has 0 aliphatic carbocycles. The van der Waals surface area contributed by atoms with Crippen LogP contribution in [0.5, 0.6) is 0 Å². The molecule has 0 amide bonds. The molecule has 6 heteroatoms. The summed E-state index contributed by atoms with van der Waals surface area (Å²) in [5, 5.41) is 4.79. The maximum atomic E-state index is 5.64. The van der Waals surface area contributed by atoms with Crippen molar-refractivity contribution < 1.29 is 4.42 Å². The van der Waals surface area contributed by atoms with Crippen molar-refractivity contribution in [3.8, 4) is 5.69 Å². The number of hydrogen-bond donors (Lipinski definition) is 0. The minimum Gasteiger partial charge on any atom is -0.453 e. The highest BCUT2D eigenvalue weighted by molar-refractivity contribution is 9.10. The molecule has 3 aromatic rings. The summed E-state index contributed by atoms with van der Waals surface area (Å²) in [5.41, 5.74) is 4.68. The molecule has 0 bridgehead atoms. The summed E-state index contributed by atoms with van der Waals surface area (Å²) in [4.78, 5) is 4.90. The van der Waals surface area contributed by atoms with Crippen molar-refractivity contribution in [1.29, 1.82) is 0 Å². The van der Waals surface area contributed by atoms with Gasteiger partial charge in [-0.3, -0.25) is 4.90 Å². The van der Waals surface area contributed by atoms with Crippen molar-refractivity contribution in [2.24, 2.45) is 0 Å². The molecule has 4 rings (SSSR count). The molecule has 1 aliphatic rings. The predicted octanol–water partition coefficient (Wildman–Crippen LogP) is 4.17. The van der Waals surface area contributed by atoms with Crippen molar-refractivity contribution in [1.82, 2.24) is 14.7 Å². The van der Waals surface area contributed by atoms with E-state index in [2.05, 4.69) is 68.5 Å². The average molecular weight is 415 g/mol. The number of aryl methyl sites for hydroxylation is 1. The maximum absolute atomic E-state index is 5.64. The van der Waals surface area contributed by atoms with Gasteiger partial charge >= 0.3 is 0 Å². The Morgan fingerprint density at radius 3 is 2.38 bits per heavy atom. The lowest BCUT2D eigenvalue weighted by Gasteiger charge is -2.35. The summed E-state index contributed by atoms with van der Waals surface area (Å²) >= 11 is 3.37. The highest BCUT2D eigenvalue weighted by atomic mass is 79.9. The van der Waals surface area contributed by atoms with E-state index >= 15 is 0 Å². The van der Waals surface area contributed by atoms with Gasteiger partial charge in [0.05, 0.1) is 29.3 Å². The lowest BCUT2D eigenvalue weighted by atomic mass is 10.2. The third kappa shape index (κ3) is 3.44. The Bertz CT molecular complexity index is 879. The molecule has 0 spiro atoms. The second kappa shape index (κ2) is 7.29. The van der Waals surface area contributed by atoms with Crippen LogP contribution >= 0.6 is 15.9 Å². The highest BCUT2D eigenvalue weighted by Gasteiger charge is 2.23. The van der Waals surface area contributed by atoms with E-state index in [1.54, 1.807) is 0 Å². The second-order valence-electron chi connectivity index (χ2n) is 6.74. The first-order valence-corrected chi connectivity index (χ1v) is 9.74. The second-order valence-corrected chi connectivity index (χ2v) is 7.52. The predicted molar refractivity (Wildman–Crippen MR) is 107 cm³/mol. The molecule has 26 heavy (non-hydrogen) atoms. The van der Waals surface area contributed by atoms with Crippen LogP contribution in [0.25, 0.3) is 5.69 Å². The smallest absolute Gasteiger partial charge is 0.169 e. The molecule has 1 aliphatic heterocycles. The van der Waals surface area contributed by atoms with E-state index in [-0.39, 0.29) is 0 Å². The minimum atomic E-state index is 0.797. The van der Waals surface area contributed by atoms with E-state index in [0.29, 0.717) is 0 Å². The average Bonchev–Trinajstić information content (AvgIpc) is 3.19. The SMILES string of the molecule is Cc1nn(-c2ccccc2)c(C)c1N1CCN(Cc2ccc(Br)o2)CC1. The molecule has 2 aromatic heterocycles. The lowest BCUT2D eigenvalue weighted by Crippen LogP contribution is -2.46. The van der Waals surface area contributed by atoms with Gasteiger partial charge in [-0.1, -0.05) is 18.2 Å². The molecule has 5 nitrogen and oxygen atoms in total. The Morgan fingerprint density at radius 2 is 1.73 bits per heavy atom. The van der Waals surface area contributed by atoms with E-state index in [1.807, 2.05) is 18.2 Å². The largest absolute Gasteiger partial charge is 0.453 e. The third-order valence-electron chi connectivity index (χ3n) is 4.95. The molecule has 136 valence electrons.